The lowest BCUT2D eigenvalue weighted by molar-refractivity contribution is 1.61. The van der Waals surface area contributed by atoms with Gasteiger partial charge in [0.05, 0.1) is 0 Å². The summed E-state index contributed by atoms with van der Waals surface area (Å²) in [6, 6.07) is 85.1. The van der Waals surface area contributed by atoms with Crippen LogP contribution in [-0.2, 0) is 0 Å². The molecule has 0 aliphatic carbocycles. The van der Waals surface area contributed by atoms with Gasteiger partial charge in [-0.15, -0.1) is 0 Å². The first-order valence-electron chi connectivity index (χ1n) is 20.8. The molecule has 0 radical (unpaired) electrons. The second-order valence-electron chi connectivity index (χ2n) is 16.1. The van der Waals surface area contributed by atoms with Gasteiger partial charge in [-0.2, -0.15) is 0 Å². The average Bonchev–Trinajstić information content (AvgIpc) is 3.33. The second kappa shape index (κ2) is 13.9. The molecule has 0 amide bonds. The van der Waals surface area contributed by atoms with Crippen LogP contribution in [0.4, 0.5) is 0 Å². The molecule has 12 aromatic carbocycles. The monoisotopic (exact) mass is 758 g/mol. The normalized spacial score (nSPS) is 11.7. The Bertz CT molecular complexity index is 3660. The van der Waals surface area contributed by atoms with E-state index in [0.29, 0.717) is 0 Å². The standard InChI is InChI=1S/C60H38/c1-3-17-53-50(11-1)37-59(57-21-7-5-19-55(53)57)48-15-9-13-40(33-48)42-27-28-44-32-45(30-29-43(44)31-42)47-26-24-39-23-25-46(35-52(39)36-47)41-14-10-16-49(34-41)60-38-51-12-2-4-18-54(51)56-20-6-8-22-58(56)60/h1-38H. The van der Waals surface area contributed by atoms with Crippen molar-refractivity contribution >= 4 is 64.6 Å². The molecule has 278 valence electrons. The SMILES string of the molecule is c1cc(-c2ccc3cc(-c4ccc5ccc(-c6cccc(-c7cc8ccccc8c8ccccc78)c6)cc5c4)ccc3c2)cc(-c2cc3ccccc3c3ccccc23)c1. The van der Waals surface area contributed by atoms with Crippen molar-refractivity contribution in [3.05, 3.63) is 231 Å². The van der Waals surface area contributed by atoms with Gasteiger partial charge in [0.25, 0.3) is 0 Å². The molecular formula is C60H38. The Morgan fingerprint density at radius 2 is 0.483 bits per heavy atom. The van der Waals surface area contributed by atoms with Crippen LogP contribution in [0, 0.1) is 0 Å². The molecule has 0 aromatic heterocycles. The predicted molar refractivity (Wildman–Crippen MR) is 259 cm³/mol. The van der Waals surface area contributed by atoms with Crippen molar-refractivity contribution in [2.75, 3.05) is 0 Å². The van der Waals surface area contributed by atoms with Crippen LogP contribution in [0.1, 0.15) is 0 Å². The van der Waals surface area contributed by atoms with Crippen molar-refractivity contribution < 1.29 is 0 Å². The van der Waals surface area contributed by atoms with Crippen LogP contribution in [0.2, 0.25) is 0 Å². The zero-order chi connectivity index (χ0) is 39.6. The maximum absolute atomic E-state index is 2.35. The Balaban J connectivity index is 0.865. The summed E-state index contributed by atoms with van der Waals surface area (Å²) in [5, 5.41) is 15.2. The molecular weight excluding hydrogens is 721 g/mol. The van der Waals surface area contributed by atoms with E-state index in [-0.39, 0.29) is 0 Å². The number of hydrogen-bond donors (Lipinski definition) is 0. The molecule has 0 atom stereocenters. The minimum Gasteiger partial charge on any atom is -0.0616 e. The Labute approximate surface area is 349 Å². The lowest BCUT2D eigenvalue weighted by Crippen LogP contribution is -1.87. The van der Waals surface area contributed by atoms with Crippen LogP contribution < -0.4 is 0 Å². The number of fused-ring (bicyclic) bond motifs is 8. The van der Waals surface area contributed by atoms with Crippen molar-refractivity contribution in [3.63, 3.8) is 0 Å². The van der Waals surface area contributed by atoms with Gasteiger partial charge in [0.1, 0.15) is 0 Å². The van der Waals surface area contributed by atoms with Gasteiger partial charge < -0.3 is 0 Å². The van der Waals surface area contributed by atoms with Gasteiger partial charge >= 0.3 is 0 Å². The Kier molecular flexibility index (Phi) is 7.96. The zero-order valence-corrected chi connectivity index (χ0v) is 32.9. The van der Waals surface area contributed by atoms with Crippen molar-refractivity contribution in [2.24, 2.45) is 0 Å². The second-order valence-corrected chi connectivity index (χ2v) is 16.1. The van der Waals surface area contributed by atoms with Gasteiger partial charge in [-0.1, -0.05) is 182 Å². The summed E-state index contributed by atoms with van der Waals surface area (Å²) in [5.41, 5.74) is 12.3. The molecule has 0 fully saturated rings. The van der Waals surface area contributed by atoms with E-state index in [9.17, 15) is 0 Å². The lowest BCUT2D eigenvalue weighted by Gasteiger charge is -2.13. The molecule has 0 aliphatic rings. The molecule has 0 unspecified atom stereocenters. The van der Waals surface area contributed by atoms with E-state index in [1.54, 1.807) is 0 Å². The van der Waals surface area contributed by atoms with Gasteiger partial charge in [-0.05, 0) is 169 Å². The van der Waals surface area contributed by atoms with Crippen LogP contribution >= 0.6 is 0 Å². The zero-order valence-electron chi connectivity index (χ0n) is 32.9. The third-order valence-electron chi connectivity index (χ3n) is 12.6. The summed E-state index contributed by atoms with van der Waals surface area (Å²) in [4.78, 5) is 0. The predicted octanol–water partition coefficient (Wildman–Crippen LogP) is 16.9. The summed E-state index contributed by atoms with van der Waals surface area (Å²) in [6.45, 7) is 0. The molecule has 0 saturated heterocycles. The van der Waals surface area contributed by atoms with Crippen molar-refractivity contribution in [3.8, 4) is 55.6 Å². The fourth-order valence-electron chi connectivity index (χ4n) is 9.53. The van der Waals surface area contributed by atoms with Crippen molar-refractivity contribution in [1.82, 2.24) is 0 Å². The van der Waals surface area contributed by atoms with Crippen LogP contribution in [0.25, 0.3) is 120 Å². The molecule has 0 bridgehead atoms. The highest BCUT2D eigenvalue weighted by molar-refractivity contribution is 6.15. The van der Waals surface area contributed by atoms with Gasteiger partial charge in [0.2, 0.25) is 0 Å². The minimum atomic E-state index is 1.22. The number of hydrogen-bond acceptors (Lipinski definition) is 0. The van der Waals surface area contributed by atoms with Gasteiger partial charge in [-0.25, -0.2) is 0 Å². The maximum atomic E-state index is 2.35. The molecule has 0 nitrogen and oxygen atoms in total. The first-order chi connectivity index (χ1) is 29.7. The van der Waals surface area contributed by atoms with E-state index in [4.69, 9.17) is 0 Å². The third kappa shape index (κ3) is 5.84. The minimum absolute atomic E-state index is 1.22. The smallest absolute Gasteiger partial charge is 0.00988 e. The first-order valence-corrected chi connectivity index (χ1v) is 20.8. The number of rotatable bonds is 5. The van der Waals surface area contributed by atoms with E-state index < -0.39 is 0 Å². The van der Waals surface area contributed by atoms with Crippen molar-refractivity contribution in [1.29, 1.82) is 0 Å². The van der Waals surface area contributed by atoms with Crippen LogP contribution in [0.3, 0.4) is 0 Å². The summed E-state index contributed by atoms with van der Waals surface area (Å²) >= 11 is 0. The van der Waals surface area contributed by atoms with E-state index >= 15 is 0 Å². The lowest BCUT2D eigenvalue weighted by atomic mass is 9.91. The largest absolute Gasteiger partial charge is 0.0616 e. The fraction of sp³-hybridized carbons (Fsp3) is 0. The van der Waals surface area contributed by atoms with E-state index in [1.165, 1.54) is 120 Å². The van der Waals surface area contributed by atoms with E-state index in [1.807, 2.05) is 0 Å². The maximum Gasteiger partial charge on any atom is -0.00988 e. The molecule has 12 rings (SSSR count). The van der Waals surface area contributed by atoms with E-state index in [2.05, 4.69) is 231 Å². The molecule has 12 aromatic rings. The molecule has 0 heteroatoms. The number of benzene rings is 12. The first kappa shape index (κ1) is 34.3. The molecule has 0 spiro atoms. The Hall–Kier alpha value is -7.80. The topological polar surface area (TPSA) is 0 Å². The molecule has 0 heterocycles. The highest BCUT2D eigenvalue weighted by atomic mass is 14.2. The van der Waals surface area contributed by atoms with Gasteiger partial charge in [0, 0.05) is 0 Å². The van der Waals surface area contributed by atoms with Crippen LogP contribution in [0.5, 0.6) is 0 Å². The summed E-state index contributed by atoms with van der Waals surface area (Å²) in [6.07, 6.45) is 0. The summed E-state index contributed by atoms with van der Waals surface area (Å²) in [7, 11) is 0. The molecule has 60 heavy (non-hydrogen) atoms. The molecule has 0 saturated carbocycles. The third-order valence-corrected chi connectivity index (χ3v) is 12.6. The summed E-state index contributed by atoms with van der Waals surface area (Å²) in [5.74, 6) is 0. The highest BCUT2D eigenvalue weighted by Crippen LogP contribution is 2.39. The fourth-order valence-corrected chi connectivity index (χ4v) is 9.53. The van der Waals surface area contributed by atoms with E-state index in [0.717, 1.165) is 0 Å². The molecule has 0 aliphatic heterocycles. The van der Waals surface area contributed by atoms with Gasteiger partial charge in [0.15, 0.2) is 0 Å². The molecule has 0 N–H and O–H groups in total. The summed E-state index contributed by atoms with van der Waals surface area (Å²) < 4.78 is 0. The average molecular weight is 759 g/mol. The Morgan fingerprint density at radius 3 is 0.933 bits per heavy atom. The Morgan fingerprint density at radius 1 is 0.150 bits per heavy atom. The van der Waals surface area contributed by atoms with Crippen molar-refractivity contribution in [2.45, 2.75) is 0 Å². The van der Waals surface area contributed by atoms with Gasteiger partial charge in [-0.3, -0.25) is 0 Å². The van der Waals surface area contributed by atoms with Crippen LogP contribution in [-0.4, -0.2) is 0 Å². The quantitative estimate of drug-likeness (QED) is 0.153. The highest BCUT2D eigenvalue weighted by Gasteiger charge is 2.12. The van der Waals surface area contributed by atoms with Crippen LogP contribution in [0.15, 0.2) is 231 Å².